The highest BCUT2D eigenvalue weighted by Gasteiger charge is 2.21. The van der Waals surface area contributed by atoms with Gasteiger partial charge in [0.05, 0.1) is 13.2 Å². The van der Waals surface area contributed by atoms with Gasteiger partial charge in [-0.25, -0.2) is 8.78 Å². The lowest BCUT2D eigenvalue weighted by Gasteiger charge is -2.29. The molecule has 5 heteroatoms. The number of nitrogens with zero attached hydrogens (tertiary/aromatic N) is 1. The van der Waals surface area contributed by atoms with E-state index in [1.807, 2.05) is 20.8 Å². The molecule has 0 fully saturated rings. The number of aliphatic hydroxyl groups is 1. The van der Waals surface area contributed by atoms with E-state index in [-0.39, 0.29) is 31.2 Å². The average molecular weight is 238 g/mol. The molecule has 0 aliphatic rings. The maximum atomic E-state index is 12.2. The summed E-state index contributed by atoms with van der Waals surface area (Å²) in [5, 5.41) is 8.76. The van der Waals surface area contributed by atoms with Crippen molar-refractivity contribution in [2.75, 3.05) is 26.2 Å². The summed E-state index contributed by atoms with van der Waals surface area (Å²) >= 11 is 0. The van der Waals surface area contributed by atoms with E-state index in [4.69, 9.17) is 10.8 Å². The van der Waals surface area contributed by atoms with Gasteiger partial charge < -0.3 is 10.8 Å². The zero-order chi connectivity index (χ0) is 12.8. The van der Waals surface area contributed by atoms with Crippen molar-refractivity contribution >= 4 is 0 Å². The van der Waals surface area contributed by atoms with Crippen molar-refractivity contribution < 1.29 is 13.9 Å². The van der Waals surface area contributed by atoms with Gasteiger partial charge >= 0.3 is 0 Å². The van der Waals surface area contributed by atoms with Crippen molar-refractivity contribution in [3.05, 3.63) is 0 Å². The van der Waals surface area contributed by atoms with Gasteiger partial charge in [-0.15, -0.1) is 0 Å². The molecule has 0 aliphatic heterocycles. The second kappa shape index (κ2) is 7.14. The molecule has 0 aliphatic carbocycles. The Morgan fingerprint density at radius 3 is 2.19 bits per heavy atom. The van der Waals surface area contributed by atoms with E-state index in [0.29, 0.717) is 13.0 Å². The van der Waals surface area contributed by atoms with Crippen LogP contribution in [0, 0.1) is 5.41 Å². The Labute approximate surface area is 96.6 Å². The summed E-state index contributed by atoms with van der Waals surface area (Å²) in [6.07, 6.45) is -1.70. The quantitative estimate of drug-likeness (QED) is 0.703. The molecular weight excluding hydrogens is 214 g/mol. The molecule has 98 valence electrons. The first-order chi connectivity index (χ1) is 7.27. The third-order valence-electron chi connectivity index (χ3n) is 2.68. The van der Waals surface area contributed by atoms with Crippen molar-refractivity contribution in [2.24, 2.45) is 11.1 Å². The number of hydrogen-bond donors (Lipinski definition) is 2. The number of rotatable bonds is 7. The van der Waals surface area contributed by atoms with Gasteiger partial charge in [0, 0.05) is 12.6 Å². The molecule has 3 nitrogen and oxygen atoms in total. The Balaban J connectivity index is 4.01. The van der Waals surface area contributed by atoms with E-state index < -0.39 is 6.43 Å². The zero-order valence-corrected chi connectivity index (χ0v) is 10.4. The smallest absolute Gasteiger partial charge is 0.251 e. The van der Waals surface area contributed by atoms with Gasteiger partial charge in [-0.3, -0.25) is 4.90 Å². The molecule has 16 heavy (non-hydrogen) atoms. The van der Waals surface area contributed by atoms with Crippen LogP contribution in [0.4, 0.5) is 8.78 Å². The van der Waals surface area contributed by atoms with Gasteiger partial charge in [0.15, 0.2) is 0 Å². The summed E-state index contributed by atoms with van der Waals surface area (Å²) in [5.41, 5.74) is 5.93. The molecule has 1 unspecified atom stereocenters. The normalized spacial score (nSPS) is 14.8. The first kappa shape index (κ1) is 15.7. The maximum Gasteiger partial charge on any atom is 0.251 e. The lowest BCUT2D eigenvalue weighted by molar-refractivity contribution is 0.0746. The van der Waals surface area contributed by atoms with E-state index in [0.717, 1.165) is 0 Å². The highest BCUT2D eigenvalue weighted by molar-refractivity contribution is 4.78. The third-order valence-corrected chi connectivity index (χ3v) is 2.68. The summed E-state index contributed by atoms with van der Waals surface area (Å²) in [5.74, 6) is 0. The molecule has 0 amide bonds. The van der Waals surface area contributed by atoms with Crippen LogP contribution in [0.2, 0.25) is 0 Å². The topological polar surface area (TPSA) is 49.5 Å². The summed E-state index contributed by atoms with van der Waals surface area (Å²) in [6.45, 7) is 6.48. The van der Waals surface area contributed by atoms with Gasteiger partial charge in [-0.05, 0) is 18.4 Å². The predicted octanol–water partition coefficient (Wildman–Crippen LogP) is 1.31. The molecule has 0 aromatic rings. The van der Waals surface area contributed by atoms with Crippen LogP contribution in [0.3, 0.4) is 0 Å². The largest absolute Gasteiger partial charge is 0.395 e. The second-order valence-electron chi connectivity index (χ2n) is 5.18. The molecule has 0 rings (SSSR count). The molecule has 0 spiro atoms. The van der Waals surface area contributed by atoms with Crippen molar-refractivity contribution in [2.45, 2.75) is 39.7 Å². The van der Waals surface area contributed by atoms with Gasteiger partial charge in [-0.2, -0.15) is 0 Å². The predicted molar refractivity (Wildman–Crippen MR) is 61.6 cm³/mol. The monoisotopic (exact) mass is 238 g/mol. The van der Waals surface area contributed by atoms with Crippen molar-refractivity contribution in [3.63, 3.8) is 0 Å². The van der Waals surface area contributed by atoms with Crippen LogP contribution in [-0.4, -0.2) is 48.7 Å². The minimum absolute atomic E-state index is 0.0181. The van der Waals surface area contributed by atoms with Crippen LogP contribution in [0.1, 0.15) is 27.2 Å². The van der Waals surface area contributed by atoms with Crippen LogP contribution in [0.5, 0.6) is 0 Å². The first-order valence-corrected chi connectivity index (χ1v) is 5.64. The Morgan fingerprint density at radius 2 is 1.81 bits per heavy atom. The Bertz CT molecular complexity index is 183. The Hall–Kier alpha value is -0.260. The highest BCUT2D eigenvalue weighted by Crippen LogP contribution is 2.19. The van der Waals surface area contributed by atoms with E-state index in [9.17, 15) is 8.78 Å². The molecule has 0 aromatic carbocycles. The SMILES string of the molecule is CC(C)(C)C(N)CCN(CCO)CC(F)F. The molecule has 1 atom stereocenters. The van der Waals surface area contributed by atoms with Crippen LogP contribution >= 0.6 is 0 Å². The third kappa shape index (κ3) is 7.09. The van der Waals surface area contributed by atoms with Crippen LogP contribution < -0.4 is 5.73 Å². The number of nitrogens with two attached hydrogens (primary N) is 1. The average Bonchev–Trinajstić information content (AvgIpc) is 2.11. The Kier molecular flexibility index (Phi) is 7.03. The molecule has 0 bridgehead atoms. The fourth-order valence-electron chi connectivity index (χ4n) is 1.39. The fourth-order valence-corrected chi connectivity index (χ4v) is 1.39. The van der Waals surface area contributed by atoms with E-state index in [1.165, 1.54) is 0 Å². The molecular formula is C11H24F2N2O. The van der Waals surface area contributed by atoms with Crippen LogP contribution in [0.25, 0.3) is 0 Å². The fraction of sp³-hybridized carbons (Fsp3) is 1.00. The van der Waals surface area contributed by atoms with E-state index in [2.05, 4.69) is 0 Å². The minimum atomic E-state index is -2.36. The van der Waals surface area contributed by atoms with Crippen LogP contribution in [-0.2, 0) is 0 Å². The molecule has 0 saturated heterocycles. The maximum absolute atomic E-state index is 12.2. The molecule has 3 N–H and O–H groups in total. The zero-order valence-electron chi connectivity index (χ0n) is 10.4. The molecule has 0 radical (unpaired) electrons. The van der Waals surface area contributed by atoms with Crippen LogP contribution in [0.15, 0.2) is 0 Å². The lowest BCUT2D eigenvalue weighted by Crippen LogP contribution is -2.40. The first-order valence-electron chi connectivity index (χ1n) is 5.64. The molecule has 0 heterocycles. The van der Waals surface area contributed by atoms with Crippen molar-refractivity contribution in [1.82, 2.24) is 4.90 Å². The molecule has 0 saturated carbocycles. The number of halogens is 2. The highest BCUT2D eigenvalue weighted by atomic mass is 19.3. The van der Waals surface area contributed by atoms with Gasteiger partial charge in [0.2, 0.25) is 0 Å². The summed E-state index contributed by atoms with van der Waals surface area (Å²) in [4.78, 5) is 1.55. The summed E-state index contributed by atoms with van der Waals surface area (Å²) in [6, 6.07) is -0.0219. The number of hydrogen-bond acceptors (Lipinski definition) is 3. The van der Waals surface area contributed by atoms with Crippen molar-refractivity contribution in [3.8, 4) is 0 Å². The van der Waals surface area contributed by atoms with Gasteiger partial charge in [0.1, 0.15) is 0 Å². The van der Waals surface area contributed by atoms with Gasteiger partial charge in [-0.1, -0.05) is 20.8 Å². The second-order valence-corrected chi connectivity index (χ2v) is 5.18. The Morgan fingerprint density at radius 1 is 1.25 bits per heavy atom. The standard InChI is InChI=1S/C11H24F2N2O/c1-11(2,3)9(14)4-5-15(6-7-16)8-10(12)13/h9-10,16H,4-8,14H2,1-3H3. The molecule has 0 aromatic heterocycles. The summed E-state index contributed by atoms with van der Waals surface area (Å²) < 4.78 is 24.4. The van der Waals surface area contributed by atoms with Gasteiger partial charge in [0.25, 0.3) is 6.43 Å². The minimum Gasteiger partial charge on any atom is -0.395 e. The summed E-state index contributed by atoms with van der Waals surface area (Å²) in [7, 11) is 0. The number of aliphatic hydroxyl groups excluding tert-OH is 1. The lowest BCUT2D eigenvalue weighted by atomic mass is 9.85. The number of alkyl halides is 2. The van der Waals surface area contributed by atoms with E-state index in [1.54, 1.807) is 4.90 Å². The van der Waals surface area contributed by atoms with E-state index >= 15 is 0 Å². The van der Waals surface area contributed by atoms with Crippen molar-refractivity contribution in [1.29, 1.82) is 0 Å².